The maximum absolute atomic E-state index is 5.76. The molecular weight excluding hydrogens is 112 g/mol. The Morgan fingerprint density at radius 1 is 1.22 bits per heavy atom. The van der Waals surface area contributed by atoms with Crippen molar-refractivity contribution in [3.63, 3.8) is 0 Å². The summed E-state index contributed by atoms with van der Waals surface area (Å²) in [7, 11) is 0. The predicted octanol–water partition coefficient (Wildman–Crippen LogP) is 0.709. The Morgan fingerprint density at radius 2 is 1.78 bits per heavy atom. The highest BCUT2D eigenvalue weighted by molar-refractivity contribution is 4.70. The van der Waals surface area contributed by atoms with Crippen LogP contribution in [0.3, 0.4) is 0 Å². The van der Waals surface area contributed by atoms with E-state index < -0.39 is 0 Å². The van der Waals surface area contributed by atoms with Gasteiger partial charge in [-0.2, -0.15) is 0 Å². The van der Waals surface area contributed by atoms with Crippen LogP contribution in [0.25, 0.3) is 0 Å². The monoisotopic (exact) mass is 130 g/mol. The summed E-state index contributed by atoms with van der Waals surface area (Å²) >= 11 is 0. The molecule has 0 rings (SSSR count). The van der Waals surface area contributed by atoms with Gasteiger partial charge in [0.05, 0.1) is 0 Å². The predicted molar refractivity (Wildman–Crippen MR) is 41.1 cm³/mol. The summed E-state index contributed by atoms with van der Waals surface area (Å²) in [6, 6.07) is 0.306. The number of hydrogen-bond acceptors (Lipinski definition) is 2. The summed E-state index contributed by atoms with van der Waals surface area (Å²) in [5.74, 6) is 0.523. The topological polar surface area (TPSA) is 52.0 Å². The molecule has 2 atom stereocenters. The second-order valence-electron chi connectivity index (χ2n) is 2.48. The van der Waals surface area contributed by atoms with Crippen LogP contribution < -0.4 is 11.5 Å². The molecule has 0 aromatic rings. The van der Waals surface area contributed by atoms with E-state index in [9.17, 15) is 0 Å². The third-order valence-corrected chi connectivity index (χ3v) is 1.90. The van der Waals surface area contributed by atoms with Gasteiger partial charge < -0.3 is 11.5 Å². The van der Waals surface area contributed by atoms with Gasteiger partial charge in [-0.15, -0.1) is 0 Å². The second kappa shape index (κ2) is 4.77. The molecule has 0 heterocycles. The van der Waals surface area contributed by atoms with Gasteiger partial charge in [0.1, 0.15) is 0 Å². The lowest BCUT2D eigenvalue weighted by molar-refractivity contribution is 0.408. The van der Waals surface area contributed by atoms with Gasteiger partial charge in [-0.3, -0.25) is 0 Å². The fourth-order valence-corrected chi connectivity index (χ4v) is 0.978. The van der Waals surface area contributed by atoms with Crippen LogP contribution >= 0.6 is 0 Å². The molecule has 0 aliphatic rings. The fourth-order valence-electron chi connectivity index (χ4n) is 0.978. The molecule has 2 nitrogen and oxygen atoms in total. The van der Waals surface area contributed by atoms with E-state index in [0.717, 1.165) is 19.4 Å². The third kappa shape index (κ3) is 2.82. The normalized spacial score (nSPS) is 17.3. The van der Waals surface area contributed by atoms with Gasteiger partial charge >= 0.3 is 0 Å². The van der Waals surface area contributed by atoms with Gasteiger partial charge in [-0.05, 0) is 18.9 Å². The van der Waals surface area contributed by atoms with E-state index in [0.29, 0.717) is 12.0 Å². The van der Waals surface area contributed by atoms with Crippen LogP contribution in [0, 0.1) is 5.92 Å². The minimum atomic E-state index is 0.306. The summed E-state index contributed by atoms with van der Waals surface area (Å²) < 4.78 is 0. The maximum Gasteiger partial charge on any atom is 0.00764 e. The molecule has 0 aliphatic carbocycles. The minimum absolute atomic E-state index is 0.306. The van der Waals surface area contributed by atoms with Crippen LogP contribution in [0.2, 0.25) is 0 Å². The summed E-state index contributed by atoms with van der Waals surface area (Å²) in [5.41, 5.74) is 11.2. The summed E-state index contributed by atoms with van der Waals surface area (Å²) in [5, 5.41) is 0. The standard InChI is InChI=1S/C7H18N2/c1-3-6(5-8)7(9)4-2/h6-7H,3-5,8-9H2,1-2H3. The van der Waals surface area contributed by atoms with Gasteiger partial charge in [0.15, 0.2) is 0 Å². The Hall–Kier alpha value is -0.0800. The van der Waals surface area contributed by atoms with Crippen molar-refractivity contribution >= 4 is 0 Å². The van der Waals surface area contributed by atoms with Crippen LogP contribution in [-0.2, 0) is 0 Å². The quantitative estimate of drug-likeness (QED) is 0.589. The van der Waals surface area contributed by atoms with E-state index in [1.165, 1.54) is 0 Å². The van der Waals surface area contributed by atoms with Crippen LogP contribution in [-0.4, -0.2) is 12.6 Å². The highest BCUT2D eigenvalue weighted by Gasteiger charge is 2.10. The molecule has 0 aromatic carbocycles. The van der Waals surface area contributed by atoms with Crippen molar-refractivity contribution in [2.45, 2.75) is 32.7 Å². The van der Waals surface area contributed by atoms with E-state index in [-0.39, 0.29) is 0 Å². The van der Waals surface area contributed by atoms with E-state index in [1.807, 2.05) is 0 Å². The third-order valence-electron chi connectivity index (χ3n) is 1.90. The number of nitrogens with two attached hydrogens (primary N) is 2. The van der Waals surface area contributed by atoms with Gasteiger partial charge in [0.25, 0.3) is 0 Å². The molecule has 0 amide bonds. The number of hydrogen-bond donors (Lipinski definition) is 2. The lowest BCUT2D eigenvalue weighted by Gasteiger charge is -2.18. The second-order valence-corrected chi connectivity index (χ2v) is 2.48. The van der Waals surface area contributed by atoms with Gasteiger partial charge in [0.2, 0.25) is 0 Å². The Morgan fingerprint density at radius 3 is 1.89 bits per heavy atom. The Kier molecular flexibility index (Phi) is 4.72. The van der Waals surface area contributed by atoms with Crippen molar-refractivity contribution in [1.82, 2.24) is 0 Å². The van der Waals surface area contributed by atoms with Crippen molar-refractivity contribution in [2.75, 3.05) is 6.54 Å². The molecule has 9 heavy (non-hydrogen) atoms. The van der Waals surface area contributed by atoms with Crippen molar-refractivity contribution in [1.29, 1.82) is 0 Å². The maximum atomic E-state index is 5.76. The molecule has 0 bridgehead atoms. The molecule has 4 N–H and O–H groups in total. The van der Waals surface area contributed by atoms with Crippen molar-refractivity contribution in [3.8, 4) is 0 Å². The molecule has 0 fully saturated rings. The molecule has 2 unspecified atom stereocenters. The molecule has 56 valence electrons. The lowest BCUT2D eigenvalue weighted by atomic mass is 9.96. The zero-order chi connectivity index (χ0) is 7.28. The Bertz CT molecular complexity index is 59.9. The largest absolute Gasteiger partial charge is 0.330 e. The Labute approximate surface area is 57.6 Å². The van der Waals surface area contributed by atoms with Gasteiger partial charge in [-0.25, -0.2) is 0 Å². The minimum Gasteiger partial charge on any atom is -0.330 e. The van der Waals surface area contributed by atoms with Crippen molar-refractivity contribution in [3.05, 3.63) is 0 Å². The molecular formula is C7H18N2. The molecule has 0 aromatic heterocycles. The summed E-state index contributed by atoms with van der Waals surface area (Å²) in [6.07, 6.45) is 2.14. The molecule has 2 heteroatoms. The average molecular weight is 130 g/mol. The van der Waals surface area contributed by atoms with Gasteiger partial charge in [0, 0.05) is 6.04 Å². The zero-order valence-electron chi connectivity index (χ0n) is 6.43. The van der Waals surface area contributed by atoms with Gasteiger partial charge in [-0.1, -0.05) is 20.3 Å². The van der Waals surface area contributed by atoms with Crippen molar-refractivity contribution < 1.29 is 0 Å². The van der Waals surface area contributed by atoms with E-state index >= 15 is 0 Å². The van der Waals surface area contributed by atoms with Crippen molar-refractivity contribution in [2.24, 2.45) is 17.4 Å². The molecule has 0 aliphatic heterocycles. The highest BCUT2D eigenvalue weighted by atomic mass is 14.7. The molecule has 0 saturated heterocycles. The fraction of sp³-hybridized carbons (Fsp3) is 1.00. The first kappa shape index (κ1) is 8.92. The van der Waals surface area contributed by atoms with E-state index in [2.05, 4.69) is 13.8 Å². The van der Waals surface area contributed by atoms with E-state index in [1.54, 1.807) is 0 Å². The highest BCUT2D eigenvalue weighted by Crippen LogP contribution is 2.06. The first-order valence-electron chi connectivity index (χ1n) is 3.71. The first-order chi connectivity index (χ1) is 4.26. The van der Waals surface area contributed by atoms with Crippen LogP contribution in [0.4, 0.5) is 0 Å². The van der Waals surface area contributed by atoms with Crippen LogP contribution in [0.15, 0.2) is 0 Å². The summed E-state index contributed by atoms with van der Waals surface area (Å²) in [6.45, 7) is 4.96. The molecule has 0 spiro atoms. The number of rotatable bonds is 4. The Balaban J connectivity index is 3.50. The summed E-state index contributed by atoms with van der Waals surface area (Å²) in [4.78, 5) is 0. The smallest absolute Gasteiger partial charge is 0.00764 e. The first-order valence-corrected chi connectivity index (χ1v) is 3.71. The average Bonchev–Trinajstić information content (AvgIpc) is 1.90. The molecule has 0 radical (unpaired) electrons. The lowest BCUT2D eigenvalue weighted by Crippen LogP contribution is -2.33. The van der Waals surface area contributed by atoms with E-state index in [4.69, 9.17) is 11.5 Å². The zero-order valence-corrected chi connectivity index (χ0v) is 6.43. The molecule has 0 saturated carbocycles. The SMILES string of the molecule is CCC(N)C(CC)CN. The van der Waals surface area contributed by atoms with Crippen LogP contribution in [0.5, 0.6) is 0 Å². The van der Waals surface area contributed by atoms with Crippen LogP contribution in [0.1, 0.15) is 26.7 Å².